The third-order valence-corrected chi connectivity index (χ3v) is 2.63. The van der Waals surface area contributed by atoms with E-state index in [1.54, 1.807) is 30.3 Å². The molecule has 0 radical (unpaired) electrons. The molecule has 0 atom stereocenters. The van der Waals surface area contributed by atoms with Crippen molar-refractivity contribution in [3.8, 4) is 0 Å². The number of rotatable bonds is 6. The number of pyridine rings is 1. The quantitative estimate of drug-likeness (QED) is 0.819. The Hall–Kier alpha value is -2.44. The Morgan fingerprint density at radius 2 is 2.20 bits per heavy atom. The van der Waals surface area contributed by atoms with Gasteiger partial charge in [-0.2, -0.15) is 5.10 Å². The number of carbonyl (C=O) groups is 1. The van der Waals surface area contributed by atoms with E-state index < -0.39 is 0 Å². The lowest BCUT2D eigenvalue weighted by atomic mass is 10.3. The third-order valence-electron chi connectivity index (χ3n) is 2.63. The summed E-state index contributed by atoms with van der Waals surface area (Å²) < 4.78 is 1.59. The molecule has 2 rings (SSSR count). The number of hydrogen-bond acceptors (Lipinski definition) is 5. The van der Waals surface area contributed by atoms with E-state index in [-0.39, 0.29) is 12.5 Å². The zero-order valence-corrected chi connectivity index (χ0v) is 11.6. The van der Waals surface area contributed by atoms with Crippen LogP contribution in [0.5, 0.6) is 0 Å². The largest absolute Gasteiger partial charge is 0.384 e. The van der Waals surface area contributed by atoms with E-state index >= 15 is 0 Å². The van der Waals surface area contributed by atoms with E-state index in [1.807, 2.05) is 6.07 Å². The Balaban J connectivity index is 1.88. The number of nitrogens with one attached hydrogen (secondary N) is 2. The second kappa shape index (κ2) is 6.65. The first-order chi connectivity index (χ1) is 9.69. The molecule has 0 unspecified atom stereocenters. The van der Waals surface area contributed by atoms with Crippen LogP contribution >= 0.6 is 0 Å². The van der Waals surface area contributed by atoms with Crippen molar-refractivity contribution in [3.63, 3.8) is 0 Å². The zero-order chi connectivity index (χ0) is 14.4. The van der Waals surface area contributed by atoms with E-state index in [0.29, 0.717) is 11.5 Å². The molecule has 0 aromatic carbocycles. The molecule has 0 fully saturated rings. The number of hydrogen-bond donors (Lipinski definition) is 2. The van der Waals surface area contributed by atoms with E-state index in [1.165, 1.54) is 0 Å². The average Bonchev–Trinajstić information content (AvgIpc) is 2.89. The minimum Gasteiger partial charge on any atom is -0.384 e. The van der Waals surface area contributed by atoms with Crippen molar-refractivity contribution in [2.24, 2.45) is 7.05 Å². The van der Waals surface area contributed by atoms with E-state index in [9.17, 15) is 4.79 Å². The van der Waals surface area contributed by atoms with Crippen molar-refractivity contribution in [1.29, 1.82) is 0 Å². The van der Waals surface area contributed by atoms with E-state index in [0.717, 1.165) is 18.7 Å². The zero-order valence-electron chi connectivity index (χ0n) is 11.6. The number of amides is 1. The maximum absolute atomic E-state index is 11.9. The second-order valence-electron chi connectivity index (χ2n) is 4.38. The summed E-state index contributed by atoms with van der Waals surface area (Å²) in [6, 6.07) is 3.54. The van der Waals surface area contributed by atoms with E-state index in [2.05, 4.69) is 32.6 Å². The molecule has 7 nitrogen and oxygen atoms in total. The van der Waals surface area contributed by atoms with Crippen molar-refractivity contribution >= 4 is 11.6 Å². The van der Waals surface area contributed by atoms with Gasteiger partial charge in [0.1, 0.15) is 12.0 Å². The molecule has 0 aliphatic rings. The van der Waals surface area contributed by atoms with E-state index in [4.69, 9.17) is 0 Å². The summed E-state index contributed by atoms with van der Waals surface area (Å²) in [4.78, 5) is 20.1. The molecule has 2 N–H and O–H groups in total. The Morgan fingerprint density at radius 1 is 1.35 bits per heavy atom. The number of anilines is 1. The molecule has 0 saturated carbocycles. The van der Waals surface area contributed by atoms with Gasteiger partial charge in [0.2, 0.25) is 0 Å². The lowest BCUT2D eigenvalue weighted by Crippen LogP contribution is -2.24. The van der Waals surface area contributed by atoms with Gasteiger partial charge in [-0.1, -0.05) is 6.92 Å². The number of aryl methyl sites for hydroxylation is 1. The van der Waals surface area contributed by atoms with Crippen LogP contribution in [-0.4, -0.2) is 32.2 Å². The topological polar surface area (TPSA) is 84.7 Å². The predicted molar refractivity (Wildman–Crippen MR) is 75.2 cm³/mol. The summed E-state index contributed by atoms with van der Waals surface area (Å²) >= 11 is 0. The summed E-state index contributed by atoms with van der Waals surface area (Å²) in [6.45, 7) is 3.27. The van der Waals surface area contributed by atoms with Gasteiger partial charge in [-0.25, -0.2) is 9.97 Å². The monoisotopic (exact) mass is 274 g/mol. The summed E-state index contributed by atoms with van der Waals surface area (Å²) in [5, 5.41) is 10.0. The van der Waals surface area contributed by atoms with Gasteiger partial charge in [-0.15, -0.1) is 0 Å². The summed E-state index contributed by atoms with van der Waals surface area (Å²) in [5.74, 6) is 0.335. The minimum atomic E-state index is -0.237. The van der Waals surface area contributed by atoms with Gasteiger partial charge in [-0.05, 0) is 18.6 Å². The first-order valence-corrected chi connectivity index (χ1v) is 6.51. The van der Waals surface area contributed by atoms with Crippen LogP contribution in [0, 0.1) is 0 Å². The van der Waals surface area contributed by atoms with Crippen molar-refractivity contribution in [3.05, 3.63) is 36.2 Å². The van der Waals surface area contributed by atoms with Crippen LogP contribution in [0.25, 0.3) is 0 Å². The van der Waals surface area contributed by atoms with Gasteiger partial charge in [0.15, 0.2) is 5.82 Å². The summed E-state index contributed by atoms with van der Waals surface area (Å²) in [6.07, 6.45) is 4.29. The first-order valence-electron chi connectivity index (χ1n) is 6.51. The van der Waals surface area contributed by atoms with Crippen LogP contribution in [0.4, 0.5) is 5.69 Å². The highest BCUT2D eigenvalue weighted by molar-refractivity contribution is 5.92. The standard InChI is InChI=1S/C13H18N6O/c1-3-6-14-10-4-5-11(15-7-10)13(20)16-8-12-17-9-19(2)18-12/h4-5,7,9,14H,3,6,8H2,1-2H3,(H,16,20). The van der Waals surface area contributed by atoms with Gasteiger partial charge < -0.3 is 10.6 Å². The molecular weight excluding hydrogens is 256 g/mol. The van der Waals surface area contributed by atoms with Gasteiger partial charge in [0.05, 0.1) is 18.4 Å². The predicted octanol–water partition coefficient (Wildman–Crippen LogP) is 0.962. The molecule has 20 heavy (non-hydrogen) atoms. The minimum absolute atomic E-state index is 0.237. The average molecular weight is 274 g/mol. The van der Waals surface area contributed by atoms with Crippen molar-refractivity contribution in [2.75, 3.05) is 11.9 Å². The Morgan fingerprint density at radius 3 is 2.80 bits per heavy atom. The van der Waals surface area contributed by atoms with Crippen LogP contribution in [0.2, 0.25) is 0 Å². The SMILES string of the molecule is CCCNc1ccc(C(=O)NCc2ncn(C)n2)nc1. The lowest BCUT2D eigenvalue weighted by molar-refractivity contribution is 0.0945. The fourth-order valence-corrected chi connectivity index (χ4v) is 1.62. The fourth-order valence-electron chi connectivity index (χ4n) is 1.62. The smallest absolute Gasteiger partial charge is 0.270 e. The molecule has 0 aliphatic heterocycles. The Bertz CT molecular complexity index is 562. The highest BCUT2D eigenvalue weighted by Crippen LogP contribution is 2.06. The summed E-state index contributed by atoms with van der Waals surface area (Å²) in [5.41, 5.74) is 1.29. The maximum atomic E-state index is 11.9. The van der Waals surface area contributed by atoms with Crippen molar-refractivity contribution < 1.29 is 4.79 Å². The van der Waals surface area contributed by atoms with Crippen LogP contribution in [0.1, 0.15) is 29.7 Å². The molecule has 0 bridgehead atoms. The van der Waals surface area contributed by atoms with Crippen LogP contribution in [0.15, 0.2) is 24.7 Å². The highest BCUT2D eigenvalue weighted by atomic mass is 16.1. The number of aromatic nitrogens is 4. The van der Waals surface area contributed by atoms with Gasteiger partial charge in [0.25, 0.3) is 5.91 Å². The molecule has 0 aliphatic carbocycles. The van der Waals surface area contributed by atoms with Crippen LogP contribution in [0.3, 0.4) is 0 Å². The normalized spacial score (nSPS) is 10.3. The second-order valence-corrected chi connectivity index (χ2v) is 4.38. The summed E-state index contributed by atoms with van der Waals surface area (Å²) in [7, 11) is 1.78. The van der Waals surface area contributed by atoms with Gasteiger partial charge in [-0.3, -0.25) is 9.48 Å². The highest BCUT2D eigenvalue weighted by Gasteiger charge is 2.08. The fraction of sp³-hybridized carbons (Fsp3) is 0.385. The molecule has 0 spiro atoms. The molecule has 2 heterocycles. The number of carbonyl (C=O) groups excluding carboxylic acids is 1. The molecule has 106 valence electrons. The van der Waals surface area contributed by atoms with Crippen LogP contribution < -0.4 is 10.6 Å². The van der Waals surface area contributed by atoms with Gasteiger partial charge >= 0.3 is 0 Å². The molecule has 2 aromatic rings. The number of nitrogens with zero attached hydrogens (tertiary/aromatic N) is 4. The van der Waals surface area contributed by atoms with Crippen LogP contribution in [-0.2, 0) is 13.6 Å². The maximum Gasteiger partial charge on any atom is 0.270 e. The van der Waals surface area contributed by atoms with Crippen molar-refractivity contribution in [2.45, 2.75) is 19.9 Å². The molecule has 7 heteroatoms. The Kier molecular flexibility index (Phi) is 4.65. The molecule has 0 saturated heterocycles. The van der Waals surface area contributed by atoms with Crippen molar-refractivity contribution in [1.82, 2.24) is 25.1 Å². The lowest BCUT2D eigenvalue weighted by Gasteiger charge is -2.05. The Labute approximate surface area is 117 Å². The van der Waals surface area contributed by atoms with Gasteiger partial charge in [0, 0.05) is 13.6 Å². The molecule has 2 aromatic heterocycles. The molecule has 1 amide bonds. The molecular formula is C13H18N6O. The first kappa shape index (κ1) is 14.0. The third kappa shape index (κ3) is 3.78.